The number of hydrogen-bond acceptors (Lipinski definition) is 2. The smallest absolute Gasteiger partial charge is 0.105 e. The molecule has 1 aromatic carbocycles. The summed E-state index contributed by atoms with van der Waals surface area (Å²) in [6.45, 7) is 4.11. The summed E-state index contributed by atoms with van der Waals surface area (Å²) in [6.07, 6.45) is -0.347. The Bertz CT molecular complexity index is 300. The van der Waals surface area contributed by atoms with Crippen LogP contribution in [0.3, 0.4) is 0 Å². The maximum Gasteiger partial charge on any atom is 0.105 e. The van der Waals surface area contributed by atoms with Crippen LogP contribution in [0.1, 0.15) is 12.5 Å². The van der Waals surface area contributed by atoms with Gasteiger partial charge in [0.2, 0.25) is 0 Å². The van der Waals surface area contributed by atoms with Crippen molar-refractivity contribution >= 4 is 0 Å². The molecule has 3 nitrogen and oxygen atoms in total. The van der Waals surface area contributed by atoms with Gasteiger partial charge in [-0.1, -0.05) is 30.3 Å². The van der Waals surface area contributed by atoms with Crippen molar-refractivity contribution in [3.63, 3.8) is 0 Å². The number of nitrogens with zero attached hydrogens (tertiary/aromatic N) is 1. The fourth-order valence-electron chi connectivity index (χ4n) is 2.14. The predicted molar refractivity (Wildman–Crippen MR) is 64.8 cm³/mol. The van der Waals surface area contributed by atoms with E-state index in [9.17, 15) is 5.11 Å². The number of rotatable bonds is 6. The molecule has 0 radical (unpaired) electrons. The molecule has 0 spiro atoms. The van der Waals surface area contributed by atoms with Gasteiger partial charge in [0.1, 0.15) is 25.7 Å². The van der Waals surface area contributed by atoms with Crippen molar-refractivity contribution in [2.45, 2.75) is 19.6 Å². The molecule has 0 aliphatic carbocycles. The molecule has 0 aromatic heterocycles. The number of aliphatic hydroxyl groups excluding tert-OH is 2. The van der Waals surface area contributed by atoms with Gasteiger partial charge in [-0.2, -0.15) is 0 Å². The van der Waals surface area contributed by atoms with Crippen LogP contribution in [0.25, 0.3) is 0 Å². The Hall–Kier alpha value is -0.900. The van der Waals surface area contributed by atoms with E-state index in [2.05, 4.69) is 19.2 Å². The van der Waals surface area contributed by atoms with Gasteiger partial charge in [0.05, 0.1) is 13.7 Å². The Balaban J connectivity index is 2.70. The summed E-state index contributed by atoms with van der Waals surface area (Å²) in [5.41, 5.74) is 1.24. The zero-order valence-electron chi connectivity index (χ0n) is 10.1. The average molecular weight is 224 g/mol. The van der Waals surface area contributed by atoms with Gasteiger partial charge < -0.3 is 14.7 Å². The second-order valence-electron chi connectivity index (χ2n) is 4.74. The van der Waals surface area contributed by atoms with Gasteiger partial charge in [0.15, 0.2) is 0 Å². The highest BCUT2D eigenvalue weighted by Crippen LogP contribution is 2.12. The van der Waals surface area contributed by atoms with Crippen LogP contribution in [-0.2, 0) is 6.54 Å². The first-order chi connectivity index (χ1) is 7.56. The molecule has 0 bridgehead atoms. The number of quaternary nitrogens is 1. The van der Waals surface area contributed by atoms with Crippen LogP contribution in [0.2, 0.25) is 0 Å². The Kier molecular flexibility index (Phi) is 4.93. The van der Waals surface area contributed by atoms with Crippen LogP contribution in [0.4, 0.5) is 0 Å². The molecule has 1 aromatic rings. The minimum absolute atomic E-state index is 0.149. The van der Waals surface area contributed by atoms with Crippen LogP contribution in [0.15, 0.2) is 30.3 Å². The Morgan fingerprint density at radius 3 is 2.38 bits per heavy atom. The minimum atomic E-state index is -0.347. The molecule has 90 valence electrons. The highest BCUT2D eigenvalue weighted by molar-refractivity contribution is 5.13. The molecule has 16 heavy (non-hydrogen) atoms. The zero-order chi connectivity index (χ0) is 12.0. The highest BCUT2D eigenvalue weighted by atomic mass is 16.3. The lowest BCUT2D eigenvalue weighted by Gasteiger charge is -2.35. The largest absolute Gasteiger partial charge is 0.391 e. The molecule has 0 aliphatic rings. The van der Waals surface area contributed by atoms with Crippen molar-refractivity contribution in [1.29, 1.82) is 0 Å². The maximum absolute atomic E-state index is 9.50. The van der Waals surface area contributed by atoms with Crippen molar-refractivity contribution < 1.29 is 14.7 Å². The Morgan fingerprint density at radius 1 is 1.25 bits per heavy atom. The molecule has 0 heterocycles. The molecule has 2 N–H and O–H groups in total. The lowest BCUT2D eigenvalue weighted by molar-refractivity contribution is -0.925. The molecule has 2 unspecified atom stereocenters. The summed E-state index contributed by atoms with van der Waals surface area (Å²) in [5, 5.41) is 18.6. The number of benzene rings is 1. The molecule has 0 aliphatic heterocycles. The molecule has 0 amide bonds. The second-order valence-corrected chi connectivity index (χ2v) is 4.74. The SMILES string of the molecule is CC(O)C[N+](C)(CCO)Cc1ccccc1. The van der Waals surface area contributed by atoms with Gasteiger partial charge in [0.25, 0.3) is 0 Å². The van der Waals surface area contributed by atoms with E-state index in [0.717, 1.165) is 6.54 Å². The second kappa shape index (κ2) is 5.99. The minimum Gasteiger partial charge on any atom is -0.391 e. The van der Waals surface area contributed by atoms with E-state index in [1.54, 1.807) is 6.92 Å². The van der Waals surface area contributed by atoms with Crippen molar-refractivity contribution in [3.05, 3.63) is 35.9 Å². The first-order valence-corrected chi connectivity index (χ1v) is 5.72. The summed E-state index contributed by atoms with van der Waals surface area (Å²) in [4.78, 5) is 0. The lowest BCUT2D eigenvalue weighted by atomic mass is 10.1. The van der Waals surface area contributed by atoms with Crippen LogP contribution < -0.4 is 0 Å². The van der Waals surface area contributed by atoms with Crippen LogP contribution >= 0.6 is 0 Å². The summed E-state index contributed by atoms with van der Waals surface area (Å²) in [7, 11) is 2.07. The van der Waals surface area contributed by atoms with E-state index in [0.29, 0.717) is 17.6 Å². The Morgan fingerprint density at radius 2 is 1.88 bits per heavy atom. The van der Waals surface area contributed by atoms with E-state index in [1.165, 1.54) is 5.56 Å². The van der Waals surface area contributed by atoms with Crippen molar-refractivity contribution in [1.82, 2.24) is 0 Å². The summed E-state index contributed by atoms with van der Waals surface area (Å²) in [6, 6.07) is 10.2. The van der Waals surface area contributed by atoms with E-state index in [-0.39, 0.29) is 12.7 Å². The molecule has 2 atom stereocenters. The van der Waals surface area contributed by atoms with Gasteiger partial charge in [-0.05, 0) is 6.92 Å². The third kappa shape index (κ3) is 4.31. The number of hydrogen-bond donors (Lipinski definition) is 2. The van der Waals surface area contributed by atoms with Gasteiger partial charge >= 0.3 is 0 Å². The zero-order valence-corrected chi connectivity index (χ0v) is 10.1. The number of aliphatic hydroxyl groups is 2. The average Bonchev–Trinajstić information content (AvgIpc) is 2.17. The quantitative estimate of drug-likeness (QED) is 0.708. The van der Waals surface area contributed by atoms with Crippen molar-refractivity contribution in [2.24, 2.45) is 0 Å². The van der Waals surface area contributed by atoms with E-state index in [4.69, 9.17) is 5.11 Å². The molecule has 0 saturated carbocycles. The summed E-state index contributed by atoms with van der Waals surface area (Å²) in [5.74, 6) is 0. The first kappa shape index (κ1) is 13.2. The van der Waals surface area contributed by atoms with E-state index >= 15 is 0 Å². The standard InChI is InChI=1S/C13H22NO2/c1-12(16)10-14(2,8-9-15)11-13-6-4-3-5-7-13/h3-7,12,15-16H,8-11H2,1-2H3/q+1. The summed E-state index contributed by atoms with van der Waals surface area (Å²) < 4.78 is 0.665. The summed E-state index contributed by atoms with van der Waals surface area (Å²) >= 11 is 0. The first-order valence-electron chi connectivity index (χ1n) is 5.72. The molecule has 1 rings (SSSR count). The topological polar surface area (TPSA) is 40.5 Å². The van der Waals surface area contributed by atoms with E-state index in [1.807, 2.05) is 18.2 Å². The monoisotopic (exact) mass is 224 g/mol. The highest BCUT2D eigenvalue weighted by Gasteiger charge is 2.23. The lowest BCUT2D eigenvalue weighted by Crippen LogP contribution is -2.49. The molecular weight excluding hydrogens is 202 g/mol. The molecule has 3 heteroatoms. The fourth-order valence-corrected chi connectivity index (χ4v) is 2.14. The van der Waals surface area contributed by atoms with Crippen molar-refractivity contribution in [3.8, 4) is 0 Å². The van der Waals surface area contributed by atoms with E-state index < -0.39 is 0 Å². The van der Waals surface area contributed by atoms with Gasteiger partial charge in [-0.15, -0.1) is 0 Å². The molecule has 0 fully saturated rings. The number of likely N-dealkylation sites (N-methyl/N-ethyl adjacent to an activating group) is 1. The maximum atomic E-state index is 9.50. The fraction of sp³-hybridized carbons (Fsp3) is 0.538. The third-order valence-electron chi connectivity index (χ3n) is 2.75. The normalized spacial score (nSPS) is 16.8. The van der Waals surface area contributed by atoms with Gasteiger partial charge in [-0.25, -0.2) is 0 Å². The van der Waals surface area contributed by atoms with Crippen molar-refractivity contribution in [2.75, 3.05) is 26.7 Å². The third-order valence-corrected chi connectivity index (χ3v) is 2.75. The van der Waals surface area contributed by atoms with Crippen LogP contribution in [0, 0.1) is 0 Å². The predicted octanol–water partition coefficient (Wildman–Crippen LogP) is 1.01. The van der Waals surface area contributed by atoms with Crippen LogP contribution in [0.5, 0.6) is 0 Å². The van der Waals surface area contributed by atoms with Gasteiger partial charge in [0, 0.05) is 5.56 Å². The van der Waals surface area contributed by atoms with Crippen LogP contribution in [-0.4, -0.2) is 47.5 Å². The molecular formula is C13H22NO2+. The van der Waals surface area contributed by atoms with Gasteiger partial charge in [-0.3, -0.25) is 0 Å². The Labute approximate surface area is 97.5 Å². The molecule has 0 saturated heterocycles.